The first-order chi connectivity index (χ1) is 8.26. The van der Waals surface area contributed by atoms with Gasteiger partial charge in [0, 0.05) is 13.1 Å². The van der Waals surface area contributed by atoms with Gasteiger partial charge in [0.15, 0.2) is 0 Å². The van der Waals surface area contributed by atoms with Gasteiger partial charge in [-0.15, -0.1) is 0 Å². The molecule has 0 aliphatic carbocycles. The minimum Gasteiger partial charge on any atom is -0.326 e. The van der Waals surface area contributed by atoms with E-state index in [9.17, 15) is 8.42 Å². The highest BCUT2D eigenvalue weighted by Crippen LogP contribution is 2.19. The lowest BCUT2D eigenvalue weighted by Crippen LogP contribution is -2.28. The Morgan fingerprint density at radius 1 is 1.22 bits per heavy atom. The third kappa shape index (κ3) is 4.40. The molecule has 0 unspecified atom stereocenters. The molecule has 0 radical (unpaired) electrons. The van der Waals surface area contributed by atoms with Crippen molar-refractivity contribution >= 4 is 10.0 Å². The molecule has 0 fully saturated rings. The molecular formula is C13H22N2O2S. The Morgan fingerprint density at radius 3 is 2.39 bits per heavy atom. The quantitative estimate of drug-likeness (QED) is 0.858. The number of rotatable bonds is 5. The lowest BCUT2D eigenvalue weighted by Gasteiger charge is -2.18. The second kappa shape index (κ2) is 5.82. The SMILES string of the molecule is CC(C)(C)CCNS(=O)(=O)c1ccccc1CN. The molecule has 1 aromatic rings. The second-order valence-corrected chi connectivity index (χ2v) is 7.26. The zero-order valence-corrected chi connectivity index (χ0v) is 12.0. The van der Waals surface area contributed by atoms with E-state index in [4.69, 9.17) is 5.73 Å². The molecule has 5 heteroatoms. The predicted octanol–water partition coefficient (Wildman–Crippen LogP) is 1.86. The zero-order chi connectivity index (χ0) is 13.8. The van der Waals surface area contributed by atoms with Crippen molar-refractivity contribution in [2.75, 3.05) is 6.54 Å². The van der Waals surface area contributed by atoms with Crippen LogP contribution in [0, 0.1) is 5.41 Å². The van der Waals surface area contributed by atoms with Crippen LogP contribution < -0.4 is 10.5 Å². The summed E-state index contributed by atoms with van der Waals surface area (Å²) >= 11 is 0. The number of hydrogen-bond donors (Lipinski definition) is 2. The van der Waals surface area contributed by atoms with Crippen LogP contribution in [0.1, 0.15) is 32.8 Å². The number of benzene rings is 1. The van der Waals surface area contributed by atoms with Crippen LogP contribution in [0.4, 0.5) is 0 Å². The van der Waals surface area contributed by atoms with Crippen molar-refractivity contribution in [1.82, 2.24) is 4.72 Å². The molecule has 1 aromatic carbocycles. The van der Waals surface area contributed by atoms with Gasteiger partial charge in [-0.1, -0.05) is 39.0 Å². The first-order valence-electron chi connectivity index (χ1n) is 6.04. The Kier molecular flexibility index (Phi) is 4.90. The molecular weight excluding hydrogens is 248 g/mol. The molecule has 0 aromatic heterocycles. The fourth-order valence-electron chi connectivity index (χ4n) is 1.57. The Hall–Kier alpha value is -0.910. The normalized spacial score (nSPS) is 12.7. The minimum atomic E-state index is -3.46. The molecule has 0 atom stereocenters. The third-order valence-electron chi connectivity index (χ3n) is 2.65. The molecule has 0 spiro atoms. The lowest BCUT2D eigenvalue weighted by molar-refractivity contribution is 0.378. The van der Waals surface area contributed by atoms with Crippen molar-refractivity contribution in [1.29, 1.82) is 0 Å². The Morgan fingerprint density at radius 2 is 1.83 bits per heavy atom. The fourth-order valence-corrected chi connectivity index (χ4v) is 2.85. The van der Waals surface area contributed by atoms with Crippen LogP contribution >= 0.6 is 0 Å². The molecule has 0 saturated carbocycles. The molecule has 0 aliphatic rings. The standard InChI is InChI=1S/C13H22N2O2S/c1-13(2,3)8-9-15-18(16,17)12-7-5-4-6-11(12)10-14/h4-7,15H,8-10,14H2,1-3H3. The van der Waals surface area contributed by atoms with E-state index in [1.54, 1.807) is 24.3 Å². The summed E-state index contributed by atoms with van der Waals surface area (Å²) in [5.41, 5.74) is 6.30. The largest absolute Gasteiger partial charge is 0.326 e. The highest BCUT2D eigenvalue weighted by molar-refractivity contribution is 7.89. The summed E-state index contributed by atoms with van der Waals surface area (Å²) in [7, 11) is -3.46. The number of nitrogens with two attached hydrogens (primary N) is 1. The van der Waals surface area contributed by atoms with Gasteiger partial charge in [0.1, 0.15) is 0 Å². The molecule has 1 rings (SSSR count). The van der Waals surface area contributed by atoms with Gasteiger partial charge in [-0.25, -0.2) is 13.1 Å². The first kappa shape index (κ1) is 15.1. The molecule has 3 N–H and O–H groups in total. The van der Waals surface area contributed by atoms with Crippen LogP contribution in [0.3, 0.4) is 0 Å². The van der Waals surface area contributed by atoms with Crippen molar-refractivity contribution in [3.8, 4) is 0 Å². The average molecular weight is 270 g/mol. The number of nitrogens with one attached hydrogen (secondary N) is 1. The molecule has 0 aliphatic heterocycles. The maximum Gasteiger partial charge on any atom is 0.240 e. The average Bonchev–Trinajstić information content (AvgIpc) is 2.27. The Balaban J connectivity index is 2.81. The van der Waals surface area contributed by atoms with Crippen molar-refractivity contribution in [3.05, 3.63) is 29.8 Å². The van der Waals surface area contributed by atoms with Crippen LogP contribution in [0.2, 0.25) is 0 Å². The minimum absolute atomic E-state index is 0.107. The van der Waals surface area contributed by atoms with E-state index < -0.39 is 10.0 Å². The van der Waals surface area contributed by atoms with Crippen LogP contribution in [-0.2, 0) is 16.6 Å². The number of hydrogen-bond acceptors (Lipinski definition) is 3. The summed E-state index contributed by atoms with van der Waals surface area (Å²) in [6.07, 6.45) is 0.789. The predicted molar refractivity (Wildman–Crippen MR) is 73.6 cm³/mol. The van der Waals surface area contributed by atoms with Crippen LogP contribution in [0.15, 0.2) is 29.2 Å². The molecule has 0 bridgehead atoms. The van der Waals surface area contributed by atoms with E-state index in [-0.39, 0.29) is 16.9 Å². The molecule has 0 saturated heterocycles. The molecule has 102 valence electrons. The zero-order valence-electron chi connectivity index (χ0n) is 11.2. The summed E-state index contributed by atoms with van der Waals surface area (Å²) in [4.78, 5) is 0.279. The maximum atomic E-state index is 12.1. The van der Waals surface area contributed by atoms with E-state index in [0.29, 0.717) is 12.1 Å². The van der Waals surface area contributed by atoms with E-state index in [1.165, 1.54) is 0 Å². The Bertz CT molecular complexity index is 490. The van der Waals surface area contributed by atoms with Crippen LogP contribution in [0.25, 0.3) is 0 Å². The monoisotopic (exact) mass is 270 g/mol. The van der Waals surface area contributed by atoms with Crippen LogP contribution in [-0.4, -0.2) is 15.0 Å². The fraction of sp³-hybridized carbons (Fsp3) is 0.538. The van der Waals surface area contributed by atoms with E-state index in [2.05, 4.69) is 25.5 Å². The molecule has 18 heavy (non-hydrogen) atoms. The summed E-state index contributed by atoms with van der Waals surface area (Å²) in [6.45, 7) is 6.89. The van der Waals surface area contributed by atoms with Gasteiger partial charge in [-0.3, -0.25) is 0 Å². The summed E-state index contributed by atoms with van der Waals surface area (Å²) in [5.74, 6) is 0. The van der Waals surface area contributed by atoms with E-state index in [0.717, 1.165) is 6.42 Å². The van der Waals surface area contributed by atoms with Gasteiger partial charge in [-0.2, -0.15) is 0 Å². The molecule has 0 amide bonds. The van der Waals surface area contributed by atoms with Crippen molar-refractivity contribution in [2.45, 2.75) is 38.6 Å². The topological polar surface area (TPSA) is 72.2 Å². The first-order valence-corrected chi connectivity index (χ1v) is 7.52. The molecule has 4 nitrogen and oxygen atoms in total. The van der Waals surface area contributed by atoms with Gasteiger partial charge < -0.3 is 5.73 Å². The van der Waals surface area contributed by atoms with Gasteiger partial charge in [-0.05, 0) is 23.5 Å². The highest BCUT2D eigenvalue weighted by atomic mass is 32.2. The van der Waals surface area contributed by atoms with Gasteiger partial charge >= 0.3 is 0 Å². The second-order valence-electron chi connectivity index (χ2n) is 5.52. The van der Waals surface area contributed by atoms with Crippen molar-refractivity contribution in [3.63, 3.8) is 0 Å². The van der Waals surface area contributed by atoms with Crippen molar-refractivity contribution < 1.29 is 8.42 Å². The van der Waals surface area contributed by atoms with Gasteiger partial charge in [0.05, 0.1) is 4.90 Å². The lowest BCUT2D eigenvalue weighted by atomic mass is 9.93. The van der Waals surface area contributed by atoms with E-state index in [1.807, 2.05) is 0 Å². The Labute approximate surface area is 110 Å². The highest BCUT2D eigenvalue weighted by Gasteiger charge is 2.18. The summed E-state index contributed by atoms with van der Waals surface area (Å²) in [6, 6.07) is 6.81. The van der Waals surface area contributed by atoms with Gasteiger partial charge in [0.25, 0.3) is 0 Å². The third-order valence-corrected chi connectivity index (χ3v) is 4.21. The van der Waals surface area contributed by atoms with Crippen LogP contribution in [0.5, 0.6) is 0 Å². The summed E-state index contributed by atoms with van der Waals surface area (Å²) < 4.78 is 26.9. The smallest absolute Gasteiger partial charge is 0.240 e. The number of sulfonamides is 1. The maximum absolute atomic E-state index is 12.1. The molecule has 0 heterocycles. The van der Waals surface area contributed by atoms with E-state index >= 15 is 0 Å². The van der Waals surface area contributed by atoms with Gasteiger partial charge in [0.2, 0.25) is 10.0 Å². The van der Waals surface area contributed by atoms with Crippen molar-refractivity contribution in [2.24, 2.45) is 11.1 Å². The summed E-state index contributed by atoms with van der Waals surface area (Å²) in [5, 5.41) is 0.